The summed E-state index contributed by atoms with van der Waals surface area (Å²) in [6, 6.07) is 6.81. The second kappa shape index (κ2) is 6.41. The fourth-order valence-corrected chi connectivity index (χ4v) is 2.70. The third kappa shape index (κ3) is 3.03. The summed E-state index contributed by atoms with van der Waals surface area (Å²) in [4.78, 5) is 20.1. The number of primary amides is 1. The highest BCUT2D eigenvalue weighted by Crippen LogP contribution is 2.25. The molecule has 4 rings (SSSR count). The number of fused-ring (bicyclic) bond motifs is 1. The molecule has 0 aliphatic carbocycles. The maximum Gasteiger partial charge on any atom is 0.252 e. The van der Waals surface area contributed by atoms with Crippen LogP contribution in [-0.2, 0) is 7.05 Å². The first-order valence-electron chi connectivity index (χ1n) is 8.01. The van der Waals surface area contributed by atoms with E-state index in [2.05, 4.69) is 25.5 Å². The van der Waals surface area contributed by atoms with Crippen molar-refractivity contribution in [1.29, 1.82) is 0 Å². The standard InChI is InChI=1S/C17H16N8O2/c1-24-6-5-12(22-24)13-8-19-9-15-21-17(23-25(13)15)20-10-3-4-11(16(18)26)14(7-10)27-2/h3-9H,1-2H3,(H2,18,26)(H,20,23). The van der Waals surface area contributed by atoms with Crippen LogP contribution >= 0.6 is 0 Å². The molecule has 0 fully saturated rings. The van der Waals surface area contributed by atoms with Crippen LogP contribution in [-0.4, -0.2) is 42.4 Å². The summed E-state index contributed by atoms with van der Waals surface area (Å²) < 4.78 is 8.58. The average molecular weight is 364 g/mol. The van der Waals surface area contributed by atoms with Gasteiger partial charge in [0.15, 0.2) is 5.65 Å². The molecular weight excluding hydrogens is 348 g/mol. The minimum absolute atomic E-state index is 0.299. The number of nitrogens with zero attached hydrogens (tertiary/aromatic N) is 6. The van der Waals surface area contributed by atoms with Crippen molar-refractivity contribution in [3.8, 4) is 17.1 Å². The summed E-state index contributed by atoms with van der Waals surface area (Å²) in [6.45, 7) is 0. The lowest BCUT2D eigenvalue weighted by atomic mass is 10.1. The Morgan fingerprint density at radius 3 is 2.78 bits per heavy atom. The second-order valence-electron chi connectivity index (χ2n) is 5.78. The number of rotatable bonds is 5. The molecule has 4 aromatic rings. The Morgan fingerprint density at radius 2 is 2.07 bits per heavy atom. The predicted molar refractivity (Wildman–Crippen MR) is 97.8 cm³/mol. The van der Waals surface area contributed by atoms with Crippen molar-refractivity contribution in [1.82, 2.24) is 29.4 Å². The van der Waals surface area contributed by atoms with Gasteiger partial charge in [0.25, 0.3) is 5.91 Å². The molecule has 3 heterocycles. The zero-order chi connectivity index (χ0) is 19.0. The Bertz CT molecular complexity index is 1150. The number of aryl methyl sites for hydroxylation is 1. The number of carbonyl (C=O) groups is 1. The van der Waals surface area contributed by atoms with Gasteiger partial charge in [-0.3, -0.25) is 14.5 Å². The average Bonchev–Trinajstić information content (AvgIpc) is 3.26. The maximum absolute atomic E-state index is 11.4. The molecule has 0 radical (unpaired) electrons. The van der Waals surface area contributed by atoms with Crippen molar-refractivity contribution in [2.75, 3.05) is 12.4 Å². The van der Waals surface area contributed by atoms with E-state index >= 15 is 0 Å². The van der Waals surface area contributed by atoms with Gasteiger partial charge < -0.3 is 15.8 Å². The lowest BCUT2D eigenvalue weighted by Crippen LogP contribution is -2.12. The van der Waals surface area contributed by atoms with Crippen molar-refractivity contribution >= 4 is 23.2 Å². The zero-order valence-electron chi connectivity index (χ0n) is 14.6. The van der Waals surface area contributed by atoms with E-state index in [1.165, 1.54) is 7.11 Å². The van der Waals surface area contributed by atoms with Crippen LogP contribution < -0.4 is 15.8 Å². The number of nitrogens with one attached hydrogen (secondary N) is 1. The maximum atomic E-state index is 11.4. The van der Waals surface area contributed by atoms with Gasteiger partial charge in [-0.15, -0.1) is 5.10 Å². The fourth-order valence-electron chi connectivity index (χ4n) is 2.70. The van der Waals surface area contributed by atoms with Crippen LogP contribution in [0.25, 0.3) is 17.0 Å². The van der Waals surface area contributed by atoms with Gasteiger partial charge in [-0.05, 0) is 18.2 Å². The quantitative estimate of drug-likeness (QED) is 0.548. The largest absolute Gasteiger partial charge is 0.496 e. The summed E-state index contributed by atoms with van der Waals surface area (Å²) in [5, 5.41) is 11.9. The highest BCUT2D eigenvalue weighted by Gasteiger charge is 2.13. The minimum atomic E-state index is -0.560. The molecule has 3 aromatic heterocycles. The molecule has 1 amide bonds. The number of ether oxygens (including phenoxy) is 1. The lowest BCUT2D eigenvalue weighted by molar-refractivity contribution is 0.0997. The monoisotopic (exact) mass is 364 g/mol. The molecule has 10 heteroatoms. The van der Waals surface area contributed by atoms with E-state index in [1.54, 1.807) is 39.8 Å². The van der Waals surface area contributed by atoms with E-state index in [-0.39, 0.29) is 0 Å². The van der Waals surface area contributed by atoms with Gasteiger partial charge in [0, 0.05) is 25.0 Å². The predicted octanol–water partition coefficient (Wildman–Crippen LogP) is 1.38. The first-order chi connectivity index (χ1) is 13.0. The van der Waals surface area contributed by atoms with Crippen molar-refractivity contribution in [3.63, 3.8) is 0 Å². The number of anilines is 2. The normalized spacial score (nSPS) is 10.9. The van der Waals surface area contributed by atoms with E-state index in [4.69, 9.17) is 10.5 Å². The van der Waals surface area contributed by atoms with Crippen LogP contribution in [0.2, 0.25) is 0 Å². The summed E-state index contributed by atoms with van der Waals surface area (Å²) in [7, 11) is 3.31. The van der Waals surface area contributed by atoms with E-state index in [1.807, 2.05) is 19.3 Å². The van der Waals surface area contributed by atoms with Gasteiger partial charge in [-0.25, -0.2) is 4.52 Å². The molecule has 27 heavy (non-hydrogen) atoms. The van der Waals surface area contributed by atoms with E-state index < -0.39 is 5.91 Å². The van der Waals surface area contributed by atoms with E-state index in [0.717, 1.165) is 11.4 Å². The SMILES string of the molecule is COc1cc(Nc2nc3cncc(-c4ccn(C)n4)n3n2)ccc1C(N)=O. The molecule has 0 atom stereocenters. The molecule has 0 spiro atoms. The smallest absolute Gasteiger partial charge is 0.252 e. The van der Waals surface area contributed by atoms with Crippen molar-refractivity contribution in [2.24, 2.45) is 12.8 Å². The number of carbonyl (C=O) groups excluding carboxylic acids is 1. The van der Waals surface area contributed by atoms with Gasteiger partial charge in [0.1, 0.15) is 17.1 Å². The van der Waals surface area contributed by atoms with Crippen LogP contribution in [0.4, 0.5) is 11.6 Å². The summed E-state index contributed by atoms with van der Waals surface area (Å²) in [6.07, 6.45) is 5.14. The number of hydrogen-bond acceptors (Lipinski definition) is 7. The molecule has 0 unspecified atom stereocenters. The molecule has 1 aromatic carbocycles. The van der Waals surface area contributed by atoms with E-state index in [9.17, 15) is 4.79 Å². The number of nitrogens with two attached hydrogens (primary N) is 1. The topological polar surface area (TPSA) is 125 Å². The van der Waals surface area contributed by atoms with Crippen LogP contribution in [0.1, 0.15) is 10.4 Å². The number of aromatic nitrogens is 6. The molecule has 0 aliphatic rings. The van der Waals surface area contributed by atoms with Crippen LogP contribution in [0.3, 0.4) is 0 Å². The van der Waals surface area contributed by atoms with E-state index in [0.29, 0.717) is 28.6 Å². The second-order valence-corrected chi connectivity index (χ2v) is 5.78. The zero-order valence-corrected chi connectivity index (χ0v) is 14.6. The van der Waals surface area contributed by atoms with Crippen LogP contribution in [0.5, 0.6) is 5.75 Å². The molecule has 0 saturated carbocycles. The number of amides is 1. The number of hydrogen-bond donors (Lipinski definition) is 2. The van der Waals surface area contributed by atoms with Gasteiger partial charge in [-0.2, -0.15) is 10.1 Å². The Morgan fingerprint density at radius 1 is 1.22 bits per heavy atom. The Balaban J connectivity index is 1.70. The van der Waals surface area contributed by atoms with Gasteiger partial charge in [0.05, 0.1) is 25.1 Å². The first-order valence-corrected chi connectivity index (χ1v) is 8.01. The molecule has 0 aliphatic heterocycles. The third-order valence-corrected chi connectivity index (χ3v) is 3.95. The Labute approximate surface area is 153 Å². The number of benzene rings is 1. The minimum Gasteiger partial charge on any atom is -0.496 e. The molecule has 10 nitrogen and oxygen atoms in total. The molecule has 3 N–H and O–H groups in total. The first kappa shape index (κ1) is 16.5. The lowest BCUT2D eigenvalue weighted by Gasteiger charge is -2.08. The summed E-state index contributed by atoms with van der Waals surface area (Å²) in [5.74, 6) is 0.177. The molecule has 0 saturated heterocycles. The highest BCUT2D eigenvalue weighted by atomic mass is 16.5. The summed E-state index contributed by atoms with van der Waals surface area (Å²) >= 11 is 0. The molecule has 136 valence electrons. The number of methoxy groups -OCH3 is 1. The Kier molecular flexibility index (Phi) is 3.92. The highest BCUT2D eigenvalue weighted by molar-refractivity contribution is 5.96. The Hall–Kier alpha value is -3.95. The van der Waals surface area contributed by atoms with Crippen LogP contribution in [0, 0.1) is 0 Å². The summed E-state index contributed by atoms with van der Waals surface area (Å²) in [5.41, 5.74) is 8.31. The van der Waals surface area contributed by atoms with Gasteiger partial charge >= 0.3 is 0 Å². The molecular formula is C17H16N8O2. The van der Waals surface area contributed by atoms with Gasteiger partial charge in [0.2, 0.25) is 5.95 Å². The van der Waals surface area contributed by atoms with Gasteiger partial charge in [-0.1, -0.05) is 0 Å². The van der Waals surface area contributed by atoms with Crippen molar-refractivity contribution in [3.05, 3.63) is 48.4 Å². The van der Waals surface area contributed by atoms with Crippen molar-refractivity contribution < 1.29 is 9.53 Å². The third-order valence-electron chi connectivity index (χ3n) is 3.95. The van der Waals surface area contributed by atoms with Crippen molar-refractivity contribution in [2.45, 2.75) is 0 Å². The van der Waals surface area contributed by atoms with Crippen LogP contribution in [0.15, 0.2) is 42.9 Å². The fraction of sp³-hybridized carbons (Fsp3) is 0.118. The molecule has 0 bridgehead atoms.